The minimum atomic E-state index is -0.292. The molecular formula is C9H15ClN2O2. The smallest absolute Gasteiger partial charge is 0.234 e. The Labute approximate surface area is 88.6 Å². The number of methoxy groups -OCH3 is 1. The van der Waals surface area contributed by atoms with Crippen LogP contribution in [-0.2, 0) is 11.2 Å². The summed E-state index contributed by atoms with van der Waals surface area (Å²) >= 11 is 5.79. The number of rotatable bonds is 4. The average molecular weight is 219 g/mol. The van der Waals surface area contributed by atoms with Gasteiger partial charge in [-0.25, -0.2) is 0 Å². The standard InChI is InChI=1S/C9H15ClN2O2/c1-6(10)8-12-11-7(14-8)5-9(2,3)13-4/h6H,5H2,1-4H3. The van der Waals surface area contributed by atoms with Gasteiger partial charge in [0.2, 0.25) is 11.8 Å². The topological polar surface area (TPSA) is 48.2 Å². The van der Waals surface area contributed by atoms with Crippen LogP contribution in [0.2, 0.25) is 0 Å². The molecule has 4 nitrogen and oxygen atoms in total. The van der Waals surface area contributed by atoms with Gasteiger partial charge in [-0.3, -0.25) is 0 Å². The molecule has 1 atom stereocenters. The summed E-state index contributed by atoms with van der Waals surface area (Å²) in [4.78, 5) is 0. The summed E-state index contributed by atoms with van der Waals surface area (Å²) in [5.41, 5.74) is -0.292. The summed E-state index contributed by atoms with van der Waals surface area (Å²) in [5, 5.41) is 7.47. The molecule has 14 heavy (non-hydrogen) atoms. The highest BCUT2D eigenvalue weighted by Crippen LogP contribution is 2.20. The normalized spacial score (nSPS) is 14.4. The maximum atomic E-state index is 5.79. The SMILES string of the molecule is COC(C)(C)Cc1nnc(C(C)Cl)o1. The van der Waals surface area contributed by atoms with E-state index in [9.17, 15) is 0 Å². The highest BCUT2D eigenvalue weighted by Gasteiger charge is 2.21. The Hall–Kier alpha value is -0.610. The van der Waals surface area contributed by atoms with Crippen LogP contribution in [0, 0.1) is 0 Å². The van der Waals surface area contributed by atoms with Gasteiger partial charge < -0.3 is 9.15 Å². The van der Waals surface area contributed by atoms with Crippen LogP contribution in [0.3, 0.4) is 0 Å². The maximum absolute atomic E-state index is 5.79. The number of ether oxygens (including phenoxy) is 1. The molecule has 80 valence electrons. The monoisotopic (exact) mass is 218 g/mol. The second-order valence-corrected chi connectivity index (χ2v) is 4.45. The molecule has 0 spiro atoms. The van der Waals surface area contributed by atoms with Crippen molar-refractivity contribution in [3.05, 3.63) is 11.8 Å². The van der Waals surface area contributed by atoms with Crippen LogP contribution in [-0.4, -0.2) is 22.9 Å². The minimum absolute atomic E-state index is 0.248. The Balaban J connectivity index is 2.69. The Morgan fingerprint density at radius 1 is 1.50 bits per heavy atom. The molecule has 1 unspecified atom stereocenters. The van der Waals surface area contributed by atoms with Gasteiger partial charge in [0.15, 0.2) is 0 Å². The van der Waals surface area contributed by atoms with E-state index < -0.39 is 0 Å². The van der Waals surface area contributed by atoms with Crippen molar-refractivity contribution < 1.29 is 9.15 Å². The molecule has 0 aromatic carbocycles. The molecule has 0 radical (unpaired) electrons. The molecular weight excluding hydrogens is 204 g/mol. The van der Waals surface area contributed by atoms with E-state index >= 15 is 0 Å². The van der Waals surface area contributed by atoms with Crippen molar-refractivity contribution in [1.82, 2.24) is 10.2 Å². The van der Waals surface area contributed by atoms with Crippen molar-refractivity contribution in [3.63, 3.8) is 0 Å². The molecule has 1 heterocycles. The van der Waals surface area contributed by atoms with Gasteiger partial charge in [-0.1, -0.05) is 0 Å². The summed E-state index contributed by atoms with van der Waals surface area (Å²) in [6.07, 6.45) is 0.583. The zero-order valence-corrected chi connectivity index (χ0v) is 9.63. The molecule has 0 amide bonds. The van der Waals surface area contributed by atoms with Crippen LogP contribution in [0.25, 0.3) is 0 Å². The first-order valence-electron chi connectivity index (χ1n) is 4.46. The van der Waals surface area contributed by atoms with Gasteiger partial charge in [-0.2, -0.15) is 0 Å². The minimum Gasteiger partial charge on any atom is -0.424 e. The first-order chi connectivity index (χ1) is 6.44. The zero-order valence-electron chi connectivity index (χ0n) is 8.87. The van der Waals surface area contributed by atoms with E-state index in [4.69, 9.17) is 20.8 Å². The molecule has 5 heteroatoms. The Bertz CT molecular complexity index is 297. The van der Waals surface area contributed by atoms with Crippen LogP contribution in [0.15, 0.2) is 4.42 Å². The Morgan fingerprint density at radius 3 is 2.57 bits per heavy atom. The lowest BCUT2D eigenvalue weighted by atomic mass is 10.1. The lowest BCUT2D eigenvalue weighted by Crippen LogP contribution is -2.25. The van der Waals surface area contributed by atoms with Gasteiger partial charge in [0, 0.05) is 7.11 Å². The number of hydrogen-bond acceptors (Lipinski definition) is 4. The number of aromatic nitrogens is 2. The Morgan fingerprint density at radius 2 is 2.14 bits per heavy atom. The van der Waals surface area contributed by atoms with E-state index in [1.807, 2.05) is 13.8 Å². The van der Waals surface area contributed by atoms with Gasteiger partial charge in [0.25, 0.3) is 0 Å². The average Bonchev–Trinajstić information content (AvgIpc) is 2.52. The van der Waals surface area contributed by atoms with Gasteiger partial charge in [-0.15, -0.1) is 21.8 Å². The fraction of sp³-hybridized carbons (Fsp3) is 0.778. The van der Waals surface area contributed by atoms with E-state index in [1.54, 1.807) is 14.0 Å². The quantitative estimate of drug-likeness (QED) is 0.728. The third-order valence-electron chi connectivity index (χ3n) is 1.95. The van der Waals surface area contributed by atoms with Crippen molar-refractivity contribution in [2.24, 2.45) is 0 Å². The van der Waals surface area contributed by atoms with Crippen molar-refractivity contribution in [2.75, 3.05) is 7.11 Å². The molecule has 0 aliphatic heterocycles. The maximum Gasteiger partial charge on any atom is 0.234 e. The molecule has 0 saturated carbocycles. The number of alkyl halides is 1. The van der Waals surface area contributed by atoms with E-state index in [1.165, 1.54) is 0 Å². The van der Waals surface area contributed by atoms with Crippen LogP contribution >= 0.6 is 11.6 Å². The molecule has 0 aliphatic carbocycles. The summed E-state index contributed by atoms with van der Waals surface area (Å²) in [7, 11) is 1.65. The predicted octanol–water partition coefficient (Wildman–Crippen LogP) is 2.34. The third kappa shape index (κ3) is 2.96. The molecule has 0 fully saturated rings. The predicted molar refractivity (Wildman–Crippen MR) is 53.4 cm³/mol. The molecule has 1 rings (SSSR count). The van der Waals surface area contributed by atoms with Gasteiger partial charge in [-0.05, 0) is 20.8 Å². The van der Waals surface area contributed by atoms with Crippen LogP contribution in [0.1, 0.15) is 37.9 Å². The third-order valence-corrected chi connectivity index (χ3v) is 2.14. The molecule has 0 N–H and O–H groups in total. The first kappa shape index (κ1) is 11.5. The van der Waals surface area contributed by atoms with E-state index in [-0.39, 0.29) is 11.0 Å². The largest absolute Gasteiger partial charge is 0.424 e. The van der Waals surface area contributed by atoms with E-state index in [0.717, 1.165) is 0 Å². The lowest BCUT2D eigenvalue weighted by Gasteiger charge is -2.20. The molecule has 0 bridgehead atoms. The highest BCUT2D eigenvalue weighted by molar-refractivity contribution is 6.20. The molecule has 1 aromatic rings. The summed E-state index contributed by atoms with van der Waals surface area (Å²) in [6, 6.07) is 0. The molecule has 0 saturated heterocycles. The second-order valence-electron chi connectivity index (χ2n) is 3.79. The van der Waals surface area contributed by atoms with Gasteiger partial charge in [0.05, 0.1) is 12.0 Å². The van der Waals surface area contributed by atoms with Crippen molar-refractivity contribution in [1.29, 1.82) is 0 Å². The van der Waals surface area contributed by atoms with Crippen LogP contribution in [0.4, 0.5) is 0 Å². The fourth-order valence-corrected chi connectivity index (χ4v) is 1.02. The summed E-state index contributed by atoms with van der Waals surface area (Å²) in [5.74, 6) is 1.01. The number of halogens is 1. The lowest BCUT2D eigenvalue weighted by molar-refractivity contribution is 0.0179. The number of hydrogen-bond donors (Lipinski definition) is 0. The highest BCUT2D eigenvalue weighted by atomic mass is 35.5. The summed E-state index contributed by atoms with van der Waals surface area (Å²) < 4.78 is 10.6. The summed E-state index contributed by atoms with van der Waals surface area (Å²) in [6.45, 7) is 5.71. The fourth-order valence-electron chi connectivity index (χ4n) is 0.935. The van der Waals surface area contributed by atoms with E-state index in [0.29, 0.717) is 18.2 Å². The van der Waals surface area contributed by atoms with Gasteiger partial charge in [0.1, 0.15) is 5.38 Å². The van der Waals surface area contributed by atoms with Crippen molar-refractivity contribution >= 4 is 11.6 Å². The number of nitrogens with zero attached hydrogens (tertiary/aromatic N) is 2. The first-order valence-corrected chi connectivity index (χ1v) is 4.90. The van der Waals surface area contributed by atoms with Crippen molar-refractivity contribution in [2.45, 2.75) is 38.2 Å². The second kappa shape index (κ2) is 4.28. The van der Waals surface area contributed by atoms with Gasteiger partial charge >= 0.3 is 0 Å². The van der Waals surface area contributed by atoms with Crippen LogP contribution < -0.4 is 0 Å². The van der Waals surface area contributed by atoms with Crippen molar-refractivity contribution in [3.8, 4) is 0 Å². The van der Waals surface area contributed by atoms with Crippen LogP contribution in [0.5, 0.6) is 0 Å². The van der Waals surface area contributed by atoms with E-state index in [2.05, 4.69) is 10.2 Å². The Kier molecular flexibility index (Phi) is 3.50. The molecule has 1 aromatic heterocycles. The molecule has 0 aliphatic rings. The zero-order chi connectivity index (χ0) is 10.8.